The third kappa shape index (κ3) is 5.79. The van der Waals surface area contributed by atoms with E-state index in [0.717, 1.165) is 24.1 Å². The fourth-order valence-electron chi connectivity index (χ4n) is 3.37. The van der Waals surface area contributed by atoms with Gasteiger partial charge in [0, 0.05) is 51.2 Å². The van der Waals surface area contributed by atoms with Gasteiger partial charge in [0.15, 0.2) is 0 Å². The van der Waals surface area contributed by atoms with Crippen molar-refractivity contribution in [1.82, 2.24) is 4.90 Å². The van der Waals surface area contributed by atoms with E-state index in [2.05, 4.69) is 5.32 Å². The summed E-state index contributed by atoms with van der Waals surface area (Å²) in [5.74, 6) is -0.227. The fourth-order valence-corrected chi connectivity index (χ4v) is 3.37. The number of amides is 2. The maximum atomic E-state index is 13.3. The Labute approximate surface area is 176 Å². The van der Waals surface area contributed by atoms with Gasteiger partial charge in [-0.05, 0) is 66.8 Å². The van der Waals surface area contributed by atoms with E-state index in [0.29, 0.717) is 30.3 Å². The molecule has 1 N–H and O–H groups in total. The van der Waals surface area contributed by atoms with Crippen molar-refractivity contribution in [3.05, 3.63) is 59.4 Å². The van der Waals surface area contributed by atoms with E-state index in [-0.39, 0.29) is 24.2 Å². The zero-order valence-electron chi connectivity index (χ0n) is 17.7. The van der Waals surface area contributed by atoms with Crippen LogP contribution in [-0.2, 0) is 16.1 Å². The number of carbonyl (C=O) groups is 2. The molecule has 0 spiro atoms. The summed E-state index contributed by atoms with van der Waals surface area (Å²) in [6, 6.07) is 11.3. The maximum Gasteiger partial charge on any atom is 0.254 e. The normalized spacial score (nSPS) is 13.1. The van der Waals surface area contributed by atoms with Crippen LogP contribution in [0.4, 0.5) is 15.8 Å². The molecule has 0 heterocycles. The van der Waals surface area contributed by atoms with Crippen LogP contribution in [0.25, 0.3) is 0 Å². The molecule has 0 unspecified atom stereocenters. The number of rotatable bonds is 9. The Morgan fingerprint density at radius 1 is 1.13 bits per heavy atom. The second kappa shape index (κ2) is 9.71. The van der Waals surface area contributed by atoms with Crippen molar-refractivity contribution in [2.45, 2.75) is 19.4 Å². The minimum atomic E-state index is -0.366. The second-order valence-corrected chi connectivity index (χ2v) is 7.86. The molecule has 2 aromatic rings. The Hall–Kier alpha value is -2.93. The number of benzene rings is 2. The SMILES string of the molecule is COCC(=O)Nc1ccc(N(C)C)c(CN(CC2CC2)C(=O)c2ccc(F)cc2)c1. The molecule has 30 heavy (non-hydrogen) atoms. The summed E-state index contributed by atoms with van der Waals surface area (Å²) in [7, 11) is 5.35. The molecule has 1 aliphatic carbocycles. The Balaban J connectivity index is 1.86. The van der Waals surface area contributed by atoms with Crippen molar-refractivity contribution in [3.63, 3.8) is 0 Å². The van der Waals surface area contributed by atoms with Crippen molar-refractivity contribution in [3.8, 4) is 0 Å². The number of ether oxygens (including phenoxy) is 1. The summed E-state index contributed by atoms with van der Waals surface area (Å²) in [5, 5.41) is 2.82. The van der Waals surface area contributed by atoms with Crippen LogP contribution in [0.2, 0.25) is 0 Å². The third-order valence-corrected chi connectivity index (χ3v) is 5.04. The number of carbonyl (C=O) groups excluding carboxylic acids is 2. The van der Waals surface area contributed by atoms with E-state index in [9.17, 15) is 14.0 Å². The number of anilines is 2. The van der Waals surface area contributed by atoms with Crippen LogP contribution in [0.15, 0.2) is 42.5 Å². The molecule has 0 bridgehead atoms. The van der Waals surface area contributed by atoms with Crippen molar-refractivity contribution in [2.24, 2.45) is 5.92 Å². The van der Waals surface area contributed by atoms with Gasteiger partial charge in [-0.15, -0.1) is 0 Å². The zero-order chi connectivity index (χ0) is 21.7. The van der Waals surface area contributed by atoms with Gasteiger partial charge in [0.25, 0.3) is 5.91 Å². The van der Waals surface area contributed by atoms with Gasteiger partial charge >= 0.3 is 0 Å². The first kappa shape index (κ1) is 21.8. The van der Waals surface area contributed by atoms with E-state index in [1.165, 1.54) is 31.4 Å². The molecule has 1 aliphatic rings. The predicted molar refractivity (Wildman–Crippen MR) is 115 cm³/mol. The average Bonchev–Trinajstić information content (AvgIpc) is 3.52. The molecule has 0 atom stereocenters. The summed E-state index contributed by atoms with van der Waals surface area (Å²) in [5.41, 5.74) is 3.00. The molecule has 0 aromatic heterocycles. The van der Waals surface area contributed by atoms with Gasteiger partial charge in [-0.25, -0.2) is 4.39 Å². The Morgan fingerprint density at radius 2 is 1.83 bits per heavy atom. The van der Waals surface area contributed by atoms with Gasteiger partial charge in [0.05, 0.1) is 0 Å². The van der Waals surface area contributed by atoms with Crippen molar-refractivity contribution in [2.75, 3.05) is 44.6 Å². The number of methoxy groups -OCH3 is 1. The number of nitrogens with one attached hydrogen (secondary N) is 1. The van der Waals surface area contributed by atoms with Crippen LogP contribution >= 0.6 is 0 Å². The van der Waals surface area contributed by atoms with Gasteiger partial charge in [-0.3, -0.25) is 9.59 Å². The van der Waals surface area contributed by atoms with E-state index in [1.54, 1.807) is 0 Å². The Morgan fingerprint density at radius 3 is 2.43 bits per heavy atom. The van der Waals surface area contributed by atoms with Gasteiger partial charge in [-0.1, -0.05) is 0 Å². The summed E-state index contributed by atoms with van der Waals surface area (Å²) < 4.78 is 18.2. The maximum absolute atomic E-state index is 13.3. The molecule has 3 rings (SSSR count). The topological polar surface area (TPSA) is 61.9 Å². The minimum Gasteiger partial charge on any atom is -0.377 e. The number of halogens is 1. The first-order valence-electron chi connectivity index (χ1n) is 10.0. The van der Waals surface area contributed by atoms with E-state index in [4.69, 9.17) is 4.74 Å². The smallest absolute Gasteiger partial charge is 0.254 e. The lowest BCUT2D eigenvalue weighted by Crippen LogP contribution is -2.33. The molecule has 0 aliphatic heterocycles. The van der Waals surface area contributed by atoms with Crippen molar-refractivity contribution >= 4 is 23.2 Å². The first-order chi connectivity index (χ1) is 14.4. The molecule has 2 aromatic carbocycles. The van der Waals surface area contributed by atoms with Crippen molar-refractivity contribution < 1.29 is 18.7 Å². The summed E-state index contributed by atoms with van der Waals surface area (Å²) in [4.78, 5) is 28.8. The van der Waals surface area contributed by atoms with Crippen LogP contribution in [0, 0.1) is 11.7 Å². The lowest BCUT2D eigenvalue weighted by Gasteiger charge is -2.26. The molecular weight excluding hydrogens is 385 g/mol. The lowest BCUT2D eigenvalue weighted by atomic mass is 10.1. The van der Waals surface area contributed by atoms with E-state index in [1.807, 2.05) is 42.1 Å². The van der Waals surface area contributed by atoms with Crippen LogP contribution in [0.5, 0.6) is 0 Å². The highest BCUT2D eigenvalue weighted by Gasteiger charge is 2.28. The van der Waals surface area contributed by atoms with Gasteiger partial charge in [-0.2, -0.15) is 0 Å². The Kier molecular flexibility index (Phi) is 7.05. The second-order valence-electron chi connectivity index (χ2n) is 7.86. The largest absolute Gasteiger partial charge is 0.377 e. The lowest BCUT2D eigenvalue weighted by molar-refractivity contribution is -0.119. The van der Waals surface area contributed by atoms with Gasteiger partial charge in [0.2, 0.25) is 5.91 Å². The minimum absolute atomic E-state index is 0.0262. The zero-order valence-corrected chi connectivity index (χ0v) is 17.7. The predicted octanol–water partition coefficient (Wildman–Crippen LogP) is 3.53. The summed E-state index contributed by atoms with van der Waals surface area (Å²) in [6.07, 6.45) is 2.22. The van der Waals surface area contributed by atoms with Crippen molar-refractivity contribution in [1.29, 1.82) is 0 Å². The van der Waals surface area contributed by atoms with Crippen LogP contribution < -0.4 is 10.2 Å². The number of hydrogen-bond acceptors (Lipinski definition) is 4. The molecule has 2 amide bonds. The highest BCUT2D eigenvalue weighted by molar-refractivity contribution is 5.94. The summed E-state index contributed by atoms with van der Waals surface area (Å²) >= 11 is 0. The first-order valence-corrected chi connectivity index (χ1v) is 10.0. The molecule has 0 radical (unpaired) electrons. The molecule has 1 fully saturated rings. The molecular formula is C23H28FN3O3. The third-order valence-electron chi connectivity index (χ3n) is 5.04. The van der Waals surface area contributed by atoms with Crippen LogP contribution in [0.1, 0.15) is 28.8 Å². The van der Waals surface area contributed by atoms with Crippen LogP contribution in [-0.4, -0.2) is 51.1 Å². The highest BCUT2D eigenvalue weighted by atomic mass is 19.1. The standard InChI is InChI=1S/C23H28FN3O3/c1-26(2)21-11-10-20(25-22(28)15-30-3)12-18(21)14-27(13-16-4-5-16)23(29)17-6-8-19(24)9-7-17/h6-12,16H,4-5,13-15H2,1-3H3,(H,25,28). The highest BCUT2D eigenvalue weighted by Crippen LogP contribution is 2.32. The quantitative estimate of drug-likeness (QED) is 0.683. The van der Waals surface area contributed by atoms with E-state index < -0.39 is 0 Å². The average molecular weight is 413 g/mol. The fraction of sp³-hybridized carbons (Fsp3) is 0.391. The monoisotopic (exact) mass is 413 g/mol. The number of nitrogens with zero attached hydrogens (tertiary/aromatic N) is 2. The van der Waals surface area contributed by atoms with E-state index >= 15 is 0 Å². The molecule has 160 valence electrons. The molecule has 1 saturated carbocycles. The summed E-state index contributed by atoms with van der Waals surface area (Å²) in [6.45, 7) is 1.03. The molecule has 7 heteroatoms. The van der Waals surface area contributed by atoms with Gasteiger partial charge in [0.1, 0.15) is 12.4 Å². The molecule has 0 saturated heterocycles. The molecule has 6 nitrogen and oxygen atoms in total. The van der Waals surface area contributed by atoms with Gasteiger partial charge < -0.3 is 19.9 Å². The van der Waals surface area contributed by atoms with Crippen LogP contribution in [0.3, 0.4) is 0 Å². The Bertz CT molecular complexity index is 895. The number of hydrogen-bond donors (Lipinski definition) is 1.